The first-order chi connectivity index (χ1) is 8.97. The third kappa shape index (κ3) is 3.60. The van der Waals surface area contributed by atoms with Crippen molar-refractivity contribution in [3.05, 3.63) is 56.5 Å². The molecule has 0 bridgehead atoms. The maximum atomic E-state index is 6.08. The number of ether oxygens (including phenoxy) is 1. The lowest BCUT2D eigenvalue weighted by Gasteiger charge is -2.09. The predicted molar refractivity (Wildman–Crippen MR) is 86.6 cm³/mol. The van der Waals surface area contributed by atoms with E-state index in [0.29, 0.717) is 27.1 Å². The van der Waals surface area contributed by atoms with Crippen LogP contribution < -0.4 is 10.5 Å². The fourth-order valence-corrected chi connectivity index (χ4v) is 2.71. The Hall–Kier alpha value is -0.810. The average molecular weight is 377 g/mol. The summed E-state index contributed by atoms with van der Waals surface area (Å²) in [5.74, 6) is 1.23. The summed E-state index contributed by atoms with van der Waals surface area (Å²) in [6.45, 7) is 0. The standard InChI is InChI=1S/C13H8BrCl2NOS/c14-10-5-7(15)1-4-12(10)18-8-2-3-9(13(17)19)11(16)6-8/h1-6H,(H2,17,19). The van der Waals surface area contributed by atoms with Crippen LogP contribution in [0.25, 0.3) is 0 Å². The van der Waals surface area contributed by atoms with Crippen molar-refractivity contribution in [2.75, 3.05) is 0 Å². The van der Waals surface area contributed by atoms with E-state index >= 15 is 0 Å². The molecule has 0 amide bonds. The first kappa shape index (κ1) is 14.6. The average Bonchev–Trinajstić information content (AvgIpc) is 2.32. The molecular formula is C13H8BrCl2NOS. The zero-order chi connectivity index (χ0) is 14.0. The molecule has 98 valence electrons. The second kappa shape index (κ2) is 6.09. The van der Waals surface area contributed by atoms with Crippen molar-refractivity contribution in [2.24, 2.45) is 5.73 Å². The van der Waals surface area contributed by atoms with Crippen molar-refractivity contribution < 1.29 is 4.74 Å². The number of halogens is 3. The van der Waals surface area contributed by atoms with E-state index in [1.165, 1.54) is 0 Å². The molecule has 6 heteroatoms. The van der Waals surface area contributed by atoms with Gasteiger partial charge in [-0.25, -0.2) is 0 Å². The number of nitrogens with two attached hydrogens (primary N) is 1. The summed E-state index contributed by atoms with van der Waals surface area (Å²) in [6, 6.07) is 10.4. The minimum absolute atomic E-state index is 0.254. The highest BCUT2D eigenvalue weighted by atomic mass is 79.9. The van der Waals surface area contributed by atoms with Crippen LogP contribution in [0.5, 0.6) is 11.5 Å². The van der Waals surface area contributed by atoms with Gasteiger partial charge in [-0.1, -0.05) is 35.4 Å². The van der Waals surface area contributed by atoms with Crippen molar-refractivity contribution in [3.8, 4) is 11.5 Å². The van der Waals surface area contributed by atoms with Gasteiger partial charge < -0.3 is 10.5 Å². The molecule has 0 heterocycles. The van der Waals surface area contributed by atoms with Crippen LogP contribution in [0.3, 0.4) is 0 Å². The molecule has 2 aromatic rings. The van der Waals surface area contributed by atoms with Gasteiger partial charge in [-0.05, 0) is 46.3 Å². The fourth-order valence-electron chi connectivity index (χ4n) is 1.44. The summed E-state index contributed by atoms with van der Waals surface area (Å²) in [5, 5.41) is 1.08. The van der Waals surface area contributed by atoms with Crippen molar-refractivity contribution >= 4 is 56.3 Å². The summed E-state index contributed by atoms with van der Waals surface area (Å²) in [6.07, 6.45) is 0. The molecule has 0 fully saturated rings. The highest BCUT2D eigenvalue weighted by Gasteiger charge is 2.07. The second-order valence-electron chi connectivity index (χ2n) is 3.68. The van der Waals surface area contributed by atoms with Crippen LogP contribution in [0.15, 0.2) is 40.9 Å². The molecule has 0 atom stereocenters. The van der Waals surface area contributed by atoms with Gasteiger partial charge in [0, 0.05) is 16.7 Å². The lowest BCUT2D eigenvalue weighted by atomic mass is 10.2. The Morgan fingerprint density at radius 1 is 1.16 bits per heavy atom. The third-order valence-electron chi connectivity index (χ3n) is 2.33. The first-order valence-corrected chi connectivity index (χ1v) is 7.15. The van der Waals surface area contributed by atoms with Crippen molar-refractivity contribution in [2.45, 2.75) is 0 Å². The monoisotopic (exact) mass is 375 g/mol. The number of rotatable bonds is 3. The van der Waals surface area contributed by atoms with E-state index in [1.54, 1.807) is 36.4 Å². The summed E-state index contributed by atoms with van der Waals surface area (Å²) in [4.78, 5) is 0.254. The Labute approximate surface area is 134 Å². The Morgan fingerprint density at radius 2 is 1.89 bits per heavy atom. The van der Waals surface area contributed by atoms with E-state index in [-0.39, 0.29) is 4.99 Å². The minimum atomic E-state index is 0.254. The van der Waals surface area contributed by atoms with Gasteiger partial charge in [0.25, 0.3) is 0 Å². The maximum Gasteiger partial charge on any atom is 0.141 e. The fraction of sp³-hybridized carbons (Fsp3) is 0. The lowest BCUT2D eigenvalue weighted by molar-refractivity contribution is 0.479. The van der Waals surface area contributed by atoms with Gasteiger partial charge in [-0.15, -0.1) is 0 Å². The maximum absolute atomic E-state index is 6.08. The SMILES string of the molecule is NC(=S)c1ccc(Oc2ccc(Cl)cc2Br)cc1Cl. The van der Waals surface area contributed by atoms with Crippen molar-refractivity contribution in [1.82, 2.24) is 0 Å². The molecule has 0 aliphatic rings. The van der Waals surface area contributed by atoms with Crippen LogP contribution in [0.1, 0.15) is 5.56 Å². The molecular weight excluding hydrogens is 369 g/mol. The van der Waals surface area contributed by atoms with Crippen LogP contribution in [0.4, 0.5) is 0 Å². The van der Waals surface area contributed by atoms with Gasteiger partial charge in [-0.2, -0.15) is 0 Å². The van der Waals surface area contributed by atoms with Crippen LogP contribution in [0.2, 0.25) is 10.0 Å². The summed E-state index contributed by atoms with van der Waals surface area (Å²) in [7, 11) is 0. The number of thiocarbonyl (C=S) groups is 1. The molecule has 2 N–H and O–H groups in total. The number of hydrogen-bond acceptors (Lipinski definition) is 2. The van der Waals surface area contributed by atoms with Gasteiger partial charge in [0.15, 0.2) is 0 Å². The van der Waals surface area contributed by atoms with Crippen LogP contribution in [-0.4, -0.2) is 4.99 Å². The van der Waals surface area contributed by atoms with Gasteiger partial charge in [0.1, 0.15) is 16.5 Å². The van der Waals surface area contributed by atoms with Crippen LogP contribution >= 0.6 is 51.3 Å². The molecule has 2 rings (SSSR count). The largest absolute Gasteiger partial charge is 0.456 e. The van der Waals surface area contributed by atoms with E-state index < -0.39 is 0 Å². The summed E-state index contributed by atoms with van der Waals surface area (Å²) >= 11 is 20.2. The van der Waals surface area contributed by atoms with Gasteiger partial charge in [0.2, 0.25) is 0 Å². The first-order valence-electron chi connectivity index (χ1n) is 5.19. The van der Waals surface area contributed by atoms with E-state index in [1.807, 2.05) is 0 Å². The molecule has 0 aliphatic heterocycles. The van der Waals surface area contributed by atoms with E-state index in [0.717, 1.165) is 4.47 Å². The Morgan fingerprint density at radius 3 is 2.47 bits per heavy atom. The molecule has 0 aliphatic carbocycles. The normalized spacial score (nSPS) is 10.3. The van der Waals surface area contributed by atoms with Gasteiger partial charge in [-0.3, -0.25) is 0 Å². The molecule has 0 unspecified atom stereocenters. The Bertz CT molecular complexity index is 649. The van der Waals surface area contributed by atoms with E-state index in [2.05, 4.69) is 15.9 Å². The Kier molecular flexibility index (Phi) is 4.68. The van der Waals surface area contributed by atoms with E-state index in [4.69, 9.17) is 45.9 Å². The van der Waals surface area contributed by atoms with E-state index in [9.17, 15) is 0 Å². The summed E-state index contributed by atoms with van der Waals surface area (Å²) < 4.78 is 6.46. The molecule has 0 saturated carbocycles. The highest BCUT2D eigenvalue weighted by Crippen LogP contribution is 2.33. The minimum Gasteiger partial charge on any atom is -0.456 e. The molecule has 19 heavy (non-hydrogen) atoms. The van der Waals surface area contributed by atoms with Crippen LogP contribution in [-0.2, 0) is 0 Å². The second-order valence-corrected chi connectivity index (χ2v) is 5.82. The number of hydrogen-bond donors (Lipinski definition) is 1. The van der Waals surface area contributed by atoms with Crippen molar-refractivity contribution in [1.29, 1.82) is 0 Å². The molecule has 2 nitrogen and oxygen atoms in total. The summed E-state index contributed by atoms with van der Waals surface area (Å²) in [5.41, 5.74) is 6.17. The lowest BCUT2D eigenvalue weighted by Crippen LogP contribution is -2.09. The molecule has 0 radical (unpaired) electrons. The van der Waals surface area contributed by atoms with Crippen LogP contribution in [0, 0.1) is 0 Å². The molecule has 0 aromatic heterocycles. The topological polar surface area (TPSA) is 35.2 Å². The highest BCUT2D eigenvalue weighted by molar-refractivity contribution is 9.10. The predicted octanol–water partition coefficient (Wildman–Crippen LogP) is 5.18. The van der Waals surface area contributed by atoms with Gasteiger partial charge in [0.05, 0.1) is 9.50 Å². The number of benzene rings is 2. The zero-order valence-electron chi connectivity index (χ0n) is 9.49. The third-order valence-corrected chi connectivity index (χ3v) is 3.72. The van der Waals surface area contributed by atoms with Gasteiger partial charge >= 0.3 is 0 Å². The smallest absolute Gasteiger partial charge is 0.141 e. The molecule has 0 spiro atoms. The molecule has 0 saturated heterocycles. The quantitative estimate of drug-likeness (QED) is 0.749. The zero-order valence-corrected chi connectivity index (χ0v) is 13.4. The molecule has 2 aromatic carbocycles. The van der Waals surface area contributed by atoms with Crippen molar-refractivity contribution in [3.63, 3.8) is 0 Å². The Balaban J connectivity index is 2.29.